The molecule has 2 aliphatic rings. The number of ether oxygens (including phenoxy) is 2. The van der Waals surface area contributed by atoms with Crippen LogP contribution in [0.2, 0.25) is 0 Å². The second kappa shape index (κ2) is 2.44. The first-order valence-electron chi connectivity index (χ1n) is 3.34. The molecule has 4 heteroatoms. The van der Waals surface area contributed by atoms with Crippen molar-refractivity contribution in [3.05, 3.63) is 0 Å². The highest BCUT2D eigenvalue weighted by molar-refractivity contribution is 9.09. The van der Waals surface area contributed by atoms with Crippen LogP contribution < -0.4 is 0 Å². The van der Waals surface area contributed by atoms with E-state index in [1.807, 2.05) is 0 Å². The molecule has 10 heavy (non-hydrogen) atoms. The standard InChI is InChI=1S/C6H9BrO3/c7-3-1-9-6-4(8)2-10-5(3)6/h3-6,8H,1-2H2/t3-,4+,5+,6-/m0/s1. The second-order valence-corrected chi connectivity index (χ2v) is 3.86. The van der Waals surface area contributed by atoms with Gasteiger partial charge in [-0.3, -0.25) is 0 Å². The van der Waals surface area contributed by atoms with Gasteiger partial charge in [0.2, 0.25) is 0 Å². The fourth-order valence-electron chi connectivity index (χ4n) is 1.43. The summed E-state index contributed by atoms with van der Waals surface area (Å²) in [6.45, 7) is 1.06. The summed E-state index contributed by atoms with van der Waals surface area (Å²) in [6, 6.07) is 0. The largest absolute Gasteiger partial charge is 0.388 e. The SMILES string of the molecule is O[C@@H]1CO[C@H]2[C@H]1OC[C@@H]2Br. The molecule has 2 aliphatic heterocycles. The fraction of sp³-hybridized carbons (Fsp3) is 1.00. The van der Waals surface area contributed by atoms with Gasteiger partial charge in [-0.1, -0.05) is 15.9 Å². The molecule has 0 radical (unpaired) electrons. The summed E-state index contributed by atoms with van der Waals surface area (Å²) < 4.78 is 10.6. The van der Waals surface area contributed by atoms with Gasteiger partial charge >= 0.3 is 0 Å². The molecular formula is C6H9BrO3. The lowest BCUT2D eigenvalue weighted by Gasteiger charge is -2.09. The summed E-state index contributed by atoms with van der Waals surface area (Å²) in [5, 5.41) is 9.25. The number of halogens is 1. The second-order valence-electron chi connectivity index (χ2n) is 2.68. The Morgan fingerprint density at radius 2 is 1.90 bits per heavy atom. The van der Waals surface area contributed by atoms with Crippen LogP contribution in [0.4, 0.5) is 0 Å². The van der Waals surface area contributed by atoms with Crippen LogP contribution in [0.25, 0.3) is 0 Å². The fourth-order valence-corrected chi connectivity index (χ4v) is 2.04. The van der Waals surface area contributed by atoms with Crippen LogP contribution in [-0.4, -0.2) is 41.5 Å². The van der Waals surface area contributed by atoms with Crippen LogP contribution in [0, 0.1) is 0 Å². The molecule has 3 nitrogen and oxygen atoms in total. The third-order valence-electron chi connectivity index (χ3n) is 1.97. The van der Waals surface area contributed by atoms with Crippen molar-refractivity contribution >= 4 is 15.9 Å². The zero-order valence-corrected chi connectivity index (χ0v) is 6.95. The van der Waals surface area contributed by atoms with E-state index in [1.54, 1.807) is 0 Å². The van der Waals surface area contributed by atoms with Crippen molar-refractivity contribution in [2.75, 3.05) is 13.2 Å². The first-order valence-corrected chi connectivity index (χ1v) is 4.26. The Morgan fingerprint density at radius 1 is 1.20 bits per heavy atom. The van der Waals surface area contributed by atoms with Gasteiger partial charge in [0.25, 0.3) is 0 Å². The van der Waals surface area contributed by atoms with E-state index in [0.29, 0.717) is 13.2 Å². The zero-order chi connectivity index (χ0) is 7.14. The molecular weight excluding hydrogens is 200 g/mol. The van der Waals surface area contributed by atoms with Gasteiger partial charge in [-0.15, -0.1) is 0 Å². The Balaban J connectivity index is 2.09. The van der Waals surface area contributed by atoms with E-state index in [0.717, 1.165) is 0 Å². The zero-order valence-electron chi connectivity index (χ0n) is 5.37. The van der Waals surface area contributed by atoms with Gasteiger partial charge in [0, 0.05) is 0 Å². The molecule has 0 aliphatic carbocycles. The van der Waals surface area contributed by atoms with Gasteiger partial charge in [0.15, 0.2) is 0 Å². The Bertz CT molecular complexity index is 125. The molecule has 0 bridgehead atoms. The molecule has 58 valence electrons. The van der Waals surface area contributed by atoms with E-state index in [1.165, 1.54) is 0 Å². The number of fused-ring (bicyclic) bond motifs is 1. The van der Waals surface area contributed by atoms with Crippen molar-refractivity contribution in [3.63, 3.8) is 0 Å². The van der Waals surface area contributed by atoms with Crippen LogP contribution >= 0.6 is 15.9 Å². The first kappa shape index (κ1) is 7.03. The number of aliphatic hydroxyl groups excluding tert-OH is 1. The topological polar surface area (TPSA) is 38.7 Å². The lowest BCUT2D eigenvalue weighted by molar-refractivity contribution is 0.0188. The van der Waals surface area contributed by atoms with E-state index in [-0.39, 0.29) is 17.0 Å². The molecule has 4 atom stereocenters. The highest BCUT2D eigenvalue weighted by Gasteiger charge is 2.45. The smallest absolute Gasteiger partial charge is 0.113 e. The Morgan fingerprint density at radius 3 is 2.60 bits per heavy atom. The maximum Gasteiger partial charge on any atom is 0.113 e. The third-order valence-corrected chi connectivity index (χ3v) is 2.75. The third kappa shape index (κ3) is 0.906. The number of rotatable bonds is 0. The van der Waals surface area contributed by atoms with E-state index in [9.17, 15) is 5.11 Å². The predicted octanol–water partition coefficient (Wildman–Crippen LogP) is -0.0916. The van der Waals surface area contributed by atoms with Crippen molar-refractivity contribution in [2.45, 2.75) is 23.1 Å². The lowest BCUT2D eigenvalue weighted by atomic mass is 10.1. The minimum Gasteiger partial charge on any atom is -0.388 e. The van der Waals surface area contributed by atoms with Crippen LogP contribution in [0.3, 0.4) is 0 Å². The maximum absolute atomic E-state index is 9.25. The lowest BCUT2D eigenvalue weighted by Crippen LogP contribution is -2.28. The van der Waals surface area contributed by atoms with Crippen LogP contribution in [0.1, 0.15) is 0 Å². The average Bonchev–Trinajstić information content (AvgIpc) is 2.41. The average molecular weight is 209 g/mol. The molecule has 2 heterocycles. The van der Waals surface area contributed by atoms with Gasteiger partial charge < -0.3 is 14.6 Å². The molecule has 0 aromatic carbocycles. The molecule has 0 spiro atoms. The molecule has 1 N–H and O–H groups in total. The summed E-state index contributed by atoms with van der Waals surface area (Å²) in [5.41, 5.74) is 0. The van der Waals surface area contributed by atoms with Crippen LogP contribution in [0.15, 0.2) is 0 Å². The number of hydrogen-bond donors (Lipinski definition) is 1. The van der Waals surface area contributed by atoms with Crippen molar-refractivity contribution in [1.82, 2.24) is 0 Å². The van der Waals surface area contributed by atoms with Gasteiger partial charge in [0.1, 0.15) is 18.3 Å². The molecule has 2 fully saturated rings. The number of aliphatic hydroxyl groups is 1. The monoisotopic (exact) mass is 208 g/mol. The predicted molar refractivity (Wildman–Crippen MR) is 38.2 cm³/mol. The Labute approximate surface area is 67.4 Å². The summed E-state index contributed by atoms with van der Waals surface area (Å²) in [7, 11) is 0. The summed E-state index contributed by atoms with van der Waals surface area (Å²) >= 11 is 3.41. The van der Waals surface area contributed by atoms with Crippen molar-refractivity contribution in [3.8, 4) is 0 Å². The van der Waals surface area contributed by atoms with E-state index < -0.39 is 6.10 Å². The molecule has 0 amide bonds. The van der Waals surface area contributed by atoms with Crippen molar-refractivity contribution in [2.24, 2.45) is 0 Å². The number of alkyl halides is 1. The van der Waals surface area contributed by atoms with Crippen LogP contribution in [-0.2, 0) is 9.47 Å². The van der Waals surface area contributed by atoms with Crippen molar-refractivity contribution < 1.29 is 14.6 Å². The summed E-state index contributed by atoms with van der Waals surface area (Å²) in [5.74, 6) is 0. The Hall–Kier alpha value is 0.360. The van der Waals surface area contributed by atoms with Gasteiger partial charge in [-0.2, -0.15) is 0 Å². The maximum atomic E-state index is 9.25. The molecule has 0 aromatic rings. The Kier molecular flexibility index (Phi) is 1.72. The summed E-state index contributed by atoms with van der Waals surface area (Å²) in [6.07, 6.45) is -0.452. The minimum atomic E-state index is -0.424. The van der Waals surface area contributed by atoms with Crippen molar-refractivity contribution in [1.29, 1.82) is 0 Å². The minimum absolute atomic E-state index is 0.0648. The van der Waals surface area contributed by atoms with Gasteiger partial charge in [-0.25, -0.2) is 0 Å². The molecule has 0 aromatic heterocycles. The normalized spacial score (nSPS) is 53.4. The van der Waals surface area contributed by atoms with E-state index in [4.69, 9.17) is 9.47 Å². The van der Waals surface area contributed by atoms with E-state index >= 15 is 0 Å². The highest BCUT2D eigenvalue weighted by atomic mass is 79.9. The molecule has 2 rings (SSSR count). The molecule has 0 unspecified atom stereocenters. The highest BCUT2D eigenvalue weighted by Crippen LogP contribution is 2.30. The summed E-state index contributed by atoms with van der Waals surface area (Å²) in [4.78, 5) is 0.259. The van der Waals surface area contributed by atoms with Crippen LogP contribution in [0.5, 0.6) is 0 Å². The quantitative estimate of drug-likeness (QED) is 0.566. The van der Waals surface area contributed by atoms with E-state index in [2.05, 4.69) is 15.9 Å². The first-order chi connectivity index (χ1) is 4.79. The number of hydrogen-bond acceptors (Lipinski definition) is 3. The molecule has 2 saturated heterocycles. The molecule has 0 saturated carbocycles. The van der Waals surface area contributed by atoms with Gasteiger partial charge in [0.05, 0.1) is 18.0 Å². The van der Waals surface area contributed by atoms with Gasteiger partial charge in [-0.05, 0) is 0 Å².